The lowest BCUT2D eigenvalue weighted by atomic mass is 9.75. The van der Waals surface area contributed by atoms with Crippen LogP contribution in [0.1, 0.15) is 75.3 Å². The molecule has 2 heterocycles. The third-order valence-corrected chi connectivity index (χ3v) is 6.27. The molecule has 1 aromatic rings. The monoisotopic (exact) mass is 362 g/mol. The molecule has 1 unspecified atom stereocenters. The predicted octanol–water partition coefficient (Wildman–Crippen LogP) is 2.99. The van der Waals surface area contributed by atoms with Crippen LogP contribution in [0.3, 0.4) is 0 Å². The summed E-state index contributed by atoms with van der Waals surface area (Å²) in [5.41, 5.74) is -0.0268. The molecule has 7 nitrogen and oxygen atoms in total. The van der Waals surface area contributed by atoms with Crippen molar-refractivity contribution in [3.63, 3.8) is 0 Å². The van der Waals surface area contributed by atoms with Crippen molar-refractivity contribution in [1.29, 1.82) is 0 Å². The van der Waals surface area contributed by atoms with E-state index in [1.54, 1.807) is 4.68 Å². The summed E-state index contributed by atoms with van der Waals surface area (Å²) >= 11 is 0. The summed E-state index contributed by atoms with van der Waals surface area (Å²) < 4.78 is 1.64. The number of rotatable bonds is 5. The normalized spacial score (nSPS) is 25.8. The molecule has 144 valence electrons. The van der Waals surface area contributed by atoms with E-state index < -0.39 is 5.97 Å². The first-order chi connectivity index (χ1) is 12.5. The fourth-order valence-electron chi connectivity index (χ4n) is 4.54. The van der Waals surface area contributed by atoms with Gasteiger partial charge in [0.25, 0.3) is 0 Å². The van der Waals surface area contributed by atoms with Gasteiger partial charge in [0, 0.05) is 19.0 Å². The van der Waals surface area contributed by atoms with E-state index in [2.05, 4.69) is 24.2 Å². The molecule has 0 bridgehead atoms. The molecule has 1 atom stereocenters. The zero-order valence-corrected chi connectivity index (χ0v) is 15.8. The van der Waals surface area contributed by atoms with Gasteiger partial charge in [0.15, 0.2) is 5.69 Å². The third kappa shape index (κ3) is 4.07. The van der Waals surface area contributed by atoms with Gasteiger partial charge in [-0.15, -0.1) is 5.10 Å². The number of carbonyl (C=O) groups is 2. The Bertz CT molecular complexity index is 628. The summed E-state index contributed by atoms with van der Waals surface area (Å²) in [6.45, 7) is 5.87. The molecule has 0 aromatic carbocycles. The van der Waals surface area contributed by atoms with Crippen molar-refractivity contribution in [2.75, 3.05) is 13.1 Å². The maximum absolute atomic E-state index is 13.1. The Kier molecular flexibility index (Phi) is 5.94. The number of aromatic nitrogens is 3. The number of aromatic carboxylic acids is 1. The third-order valence-electron chi connectivity index (χ3n) is 6.27. The van der Waals surface area contributed by atoms with Crippen molar-refractivity contribution in [1.82, 2.24) is 19.9 Å². The first-order valence-corrected chi connectivity index (χ1v) is 9.93. The zero-order valence-electron chi connectivity index (χ0n) is 15.8. The molecular weight excluding hydrogens is 332 g/mol. The van der Waals surface area contributed by atoms with E-state index in [9.17, 15) is 9.59 Å². The molecule has 1 saturated heterocycles. The van der Waals surface area contributed by atoms with Crippen molar-refractivity contribution in [2.45, 2.75) is 64.8 Å². The summed E-state index contributed by atoms with van der Waals surface area (Å²) in [7, 11) is 0. The number of piperidine rings is 1. The Morgan fingerprint density at radius 1 is 1.19 bits per heavy atom. The van der Waals surface area contributed by atoms with E-state index in [0.29, 0.717) is 24.9 Å². The summed E-state index contributed by atoms with van der Waals surface area (Å²) in [4.78, 5) is 26.0. The molecule has 26 heavy (non-hydrogen) atoms. The maximum atomic E-state index is 13.1. The average molecular weight is 362 g/mol. The molecular formula is C19H30N4O3. The second kappa shape index (κ2) is 8.18. The summed E-state index contributed by atoms with van der Waals surface area (Å²) in [6.07, 6.45) is 8.85. The Labute approximate surface area is 154 Å². The van der Waals surface area contributed by atoms with E-state index in [4.69, 9.17) is 5.11 Å². The Balaban J connectivity index is 1.56. The largest absolute Gasteiger partial charge is 0.476 e. The number of hydrogen-bond donors (Lipinski definition) is 1. The first kappa shape index (κ1) is 18.9. The van der Waals surface area contributed by atoms with Crippen LogP contribution in [0.2, 0.25) is 0 Å². The van der Waals surface area contributed by atoms with Crippen LogP contribution in [0.25, 0.3) is 0 Å². The van der Waals surface area contributed by atoms with Gasteiger partial charge >= 0.3 is 5.97 Å². The fourth-order valence-corrected chi connectivity index (χ4v) is 4.54. The summed E-state index contributed by atoms with van der Waals surface area (Å²) in [5, 5.41) is 16.6. The number of carboxylic acids is 1. The smallest absolute Gasteiger partial charge is 0.358 e. The lowest BCUT2D eigenvalue weighted by molar-refractivity contribution is -0.139. The maximum Gasteiger partial charge on any atom is 0.358 e. The van der Waals surface area contributed by atoms with Crippen molar-refractivity contribution in [3.05, 3.63) is 11.9 Å². The summed E-state index contributed by atoms with van der Waals surface area (Å²) in [6, 6.07) is 0.121. The molecule has 2 fully saturated rings. The van der Waals surface area contributed by atoms with Gasteiger partial charge in [-0.2, -0.15) is 0 Å². The number of amides is 1. The molecule has 3 rings (SSSR count). The molecule has 2 aliphatic rings. The molecule has 0 radical (unpaired) electrons. The molecule has 7 heteroatoms. The summed E-state index contributed by atoms with van der Waals surface area (Å²) in [5.74, 6) is 0.749. The van der Waals surface area contributed by atoms with Crippen LogP contribution in [0.15, 0.2) is 6.20 Å². The van der Waals surface area contributed by atoms with Crippen LogP contribution in [0, 0.1) is 17.8 Å². The molecule has 1 saturated carbocycles. The minimum absolute atomic E-state index is 0.0268. The molecule has 1 amide bonds. The fraction of sp³-hybridized carbons (Fsp3) is 0.789. The van der Waals surface area contributed by atoms with Gasteiger partial charge in [0.2, 0.25) is 5.91 Å². The van der Waals surface area contributed by atoms with Gasteiger partial charge < -0.3 is 10.0 Å². The van der Waals surface area contributed by atoms with Crippen LogP contribution in [0.5, 0.6) is 0 Å². The predicted molar refractivity (Wildman–Crippen MR) is 96.7 cm³/mol. The SMILES string of the molecule is CCC(C(=O)N1CCC(n2cc(C(=O)O)nn2)CC1)C1CCC(C)CC1. The Morgan fingerprint density at radius 2 is 1.85 bits per heavy atom. The van der Waals surface area contributed by atoms with E-state index in [-0.39, 0.29) is 17.7 Å². The number of hydrogen-bond acceptors (Lipinski definition) is 4. The van der Waals surface area contributed by atoms with Crippen molar-refractivity contribution in [3.8, 4) is 0 Å². The molecule has 1 N–H and O–H groups in total. The molecule has 0 spiro atoms. The van der Waals surface area contributed by atoms with E-state index >= 15 is 0 Å². The highest BCUT2D eigenvalue weighted by Crippen LogP contribution is 2.36. The topological polar surface area (TPSA) is 88.3 Å². The van der Waals surface area contributed by atoms with Gasteiger partial charge in [0.1, 0.15) is 0 Å². The zero-order chi connectivity index (χ0) is 18.7. The van der Waals surface area contributed by atoms with Crippen LogP contribution < -0.4 is 0 Å². The lowest BCUT2D eigenvalue weighted by Gasteiger charge is -2.37. The highest BCUT2D eigenvalue weighted by molar-refractivity contribution is 5.84. The average Bonchev–Trinajstić information content (AvgIpc) is 3.14. The minimum atomic E-state index is -1.06. The van der Waals surface area contributed by atoms with Gasteiger partial charge in [-0.3, -0.25) is 4.79 Å². The van der Waals surface area contributed by atoms with Crippen LogP contribution in [-0.2, 0) is 4.79 Å². The first-order valence-electron chi connectivity index (χ1n) is 9.93. The van der Waals surface area contributed by atoms with Gasteiger partial charge in [-0.1, -0.05) is 31.9 Å². The number of carbonyl (C=O) groups excluding carboxylic acids is 1. The van der Waals surface area contributed by atoms with Gasteiger partial charge in [0.05, 0.1) is 12.2 Å². The Hall–Kier alpha value is -1.92. The number of nitrogens with zero attached hydrogens (tertiary/aromatic N) is 4. The highest BCUT2D eigenvalue weighted by Gasteiger charge is 2.34. The van der Waals surface area contributed by atoms with Gasteiger partial charge in [-0.25, -0.2) is 9.48 Å². The number of likely N-dealkylation sites (tertiary alicyclic amines) is 1. The van der Waals surface area contributed by atoms with Crippen molar-refractivity contribution in [2.24, 2.45) is 17.8 Å². The molecule has 1 aliphatic carbocycles. The van der Waals surface area contributed by atoms with Crippen molar-refractivity contribution >= 4 is 11.9 Å². The minimum Gasteiger partial charge on any atom is -0.476 e. The van der Waals surface area contributed by atoms with Crippen LogP contribution >= 0.6 is 0 Å². The second-order valence-corrected chi connectivity index (χ2v) is 7.98. The number of carboxylic acid groups (broad SMARTS) is 1. The van der Waals surface area contributed by atoms with Crippen LogP contribution in [-0.4, -0.2) is 50.0 Å². The van der Waals surface area contributed by atoms with E-state index in [1.165, 1.54) is 31.9 Å². The second-order valence-electron chi connectivity index (χ2n) is 7.98. The van der Waals surface area contributed by atoms with E-state index in [0.717, 1.165) is 25.2 Å². The Morgan fingerprint density at radius 3 is 2.38 bits per heavy atom. The lowest BCUT2D eigenvalue weighted by Crippen LogP contribution is -2.44. The standard InChI is InChI=1S/C19H30N4O3/c1-3-16(14-6-4-13(2)5-7-14)18(24)22-10-8-15(9-11-22)23-12-17(19(25)26)20-21-23/h12-16H,3-11H2,1-2H3,(H,25,26). The van der Waals surface area contributed by atoms with Crippen molar-refractivity contribution < 1.29 is 14.7 Å². The molecule has 1 aromatic heterocycles. The molecule has 1 aliphatic heterocycles. The van der Waals surface area contributed by atoms with Gasteiger partial charge in [-0.05, 0) is 43.9 Å². The van der Waals surface area contributed by atoms with E-state index in [1.807, 2.05) is 4.90 Å². The van der Waals surface area contributed by atoms with Crippen LogP contribution in [0.4, 0.5) is 0 Å². The quantitative estimate of drug-likeness (QED) is 0.870. The highest BCUT2D eigenvalue weighted by atomic mass is 16.4.